The molecule has 1 rings (SSSR count). The number of rotatable bonds is 3. The minimum Gasteiger partial charge on any atom is -0.410 e. The van der Waals surface area contributed by atoms with Crippen molar-refractivity contribution in [2.45, 2.75) is 0 Å². The van der Waals surface area contributed by atoms with Gasteiger partial charge in [0.15, 0.2) is 0 Å². The third kappa shape index (κ3) is 3.56. The molecule has 0 fully saturated rings. The van der Waals surface area contributed by atoms with E-state index in [0.717, 1.165) is 0 Å². The number of ether oxygens (including phenoxy) is 1. The lowest BCUT2D eigenvalue weighted by Crippen LogP contribution is -2.33. The molecule has 2 N–H and O–H groups in total. The van der Waals surface area contributed by atoms with Gasteiger partial charge in [0.1, 0.15) is 5.75 Å². The van der Waals surface area contributed by atoms with Crippen LogP contribution in [0, 0.1) is 0 Å². The van der Waals surface area contributed by atoms with E-state index in [9.17, 15) is 4.79 Å². The molecular weight excluding hydrogens is 251 g/mol. The Kier molecular flexibility index (Phi) is 4.86. The second-order valence-corrected chi connectivity index (χ2v) is 3.97. The van der Waals surface area contributed by atoms with Crippen LogP contribution in [0.25, 0.3) is 0 Å². The van der Waals surface area contributed by atoms with Gasteiger partial charge in [-0.25, -0.2) is 4.79 Å². The maximum atomic E-state index is 11.5. The highest BCUT2D eigenvalue weighted by Crippen LogP contribution is 2.26. The lowest BCUT2D eigenvalue weighted by Gasteiger charge is -2.15. The van der Waals surface area contributed by atoms with Crippen molar-refractivity contribution in [3.63, 3.8) is 0 Å². The van der Waals surface area contributed by atoms with E-state index in [1.165, 1.54) is 11.0 Å². The monoisotopic (exact) mass is 262 g/mol. The first-order valence-corrected chi connectivity index (χ1v) is 5.38. The van der Waals surface area contributed by atoms with Gasteiger partial charge in [-0.2, -0.15) is 0 Å². The Morgan fingerprint density at radius 2 is 2.12 bits per heavy atom. The van der Waals surface area contributed by atoms with Crippen LogP contribution in [0.4, 0.5) is 4.79 Å². The van der Waals surface area contributed by atoms with Crippen LogP contribution in [-0.2, 0) is 0 Å². The van der Waals surface area contributed by atoms with Gasteiger partial charge in [0, 0.05) is 26.2 Å². The normalized spacial score (nSPS) is 10.0. The predicted molar refractivity (Wildman–Crippen MR) is 64.2 cm³/mol. The van der Waals surface area contributed by atoms with Gasteiger partial charge in [-0.1, -0.05) is 23.2 Å². The summed E-state index contributed by atoms with van der Waals surface area (Å²) in [5.41, 5.74) is 5.32. The Morgan fingerprint density at radius 1 is 1.44 bits per heavy atom. The molecule has 0 unspecified atom stereocenters. The maximum absolute atomic E-state index is 11.5. The molecule has 88 valence electrons. The Morgan fingerprint density at radius 3 is 2.69 bits per heavy atom. The molecule has 0 aromatic heterocycles. The molecule has 4 nitrogen and oxygen atoms in total. The van der Waals surface area contributed by atoms with Gasteiger partial charge in [-0.3, -0.25) is 0 Å². The molecule has 0 spiro atoms. The van der Waals surface area contributed by atoms with Crippen molar-refractivity contribution in [3.05, 3.63) is 28.2 Å². The summed E-state index contributed by atoms with van der Waals surface area (Å²) in [5, 5.41) is 0.755. The van der Waals surface area contributed by atoms with Crippen molar-refractivity contribution in [3.8, 4) is 5.75 Å². The fraction of sp³-hybridized carbons (Fsp3) is 0.300. The third-order valence-electron chi connectivity index (χ3n) is 1.87. The number of benzene rings is 1. The molecule has 0 heterocycles. The summed E-state index contributed by atoms with van der Waals surface area (Å²) in [5.74, 6) is 0.350. The number of nitrogens with two attached hydrogens (primary N) is 1. The summed E-state index contributed by atoms with van der Waals surface area (Å²) in [6.45, 7) is 0.813. The molecular formula is C10H12Cl2N2O2. The van der Waals surface area contributed by atoms with Gasteiger partial charge in [-0.15, -0.1) is 0 Å². The SMILES string of the molecule is CN(CCN)C(=O)Oc1ccc(Cl)c(Cl)c1. The van der Waals surface area contributed by atoms with Crippen LogP contribution in [-0.4, -0.2) is 31.1 Å². The molecule has 0 saturated carbocycles. The van der Waals surface area contributed by atoms with E-state index >= 15 is 0 Å². The highest BCUT2D eigenvalue weighted by molar-refractivity contribution is 6.42. The molecule has 0 aliphatic carbocycles. The number of nitrogens with zero attached hydrogens (tertiary/aromatic N) is 1. The lowest BCUT2D eigenvalue weighted by molar-refractivity contribution is 0.164. The second-order valence-electron chi connectivity index (χ2n) is 3.15. The Labute approximate surface area is 104 Å². The van der Waals surface area contributed by atoms with E-state index < -0.39 is 6.09 Å². The first kappa shape index (κ1) is 13.1. The smallest absolute Gasteiger partial charge is 0.410 e. The second kappa shape index (κ2) is 5.94. The summed E-state index contributed by atoms with van der Waals surface area (Å²) in [6.07, 6.45) is -0.483. The zero-order chi connectivity index (χ0) is 12.1. The molecule has 0 radical (unpaired) electrons. The third-order valence-corrected chi connectivity index (χ3v) is 2.61. The molecule has 0 aliphatic heterocycles. The number of carbonyl (C=O) groups is 1. The highest BCUT2D eigenvalue weighted by Gasteiger charge is 2.10. The average Bonchev–Trinajstić information content (AvgIpc) is 2.24. The Balaban J connectivity index is 2.66. The summed E-state index contributed by atoms with van der Waals surface area (Å²) < 4.78 is 5.05. The summed E-state index contributed by atoms with van der Waals surface area (Å²) in [6, 6.07) is 4.62. The van der Waals surface area contributed by atoms with Gasteiger partial charge in [-0.05, 0) is 12.1 Å². The van der Waals surface area contributed by atoms with E-state index in [4.69, 9.17) is 33.7 Å². The first-order valence-electron chi connectivity index (χ1n) is 4.62. The van der Waals surface area contributed by atoms with Crippen molar-refractivity contribution in [1.82, 2.24) is 4.90 Å². The van der Waals surface area contributed by atoms with Crippen LogP contribution in [0.15, 0.2) is 18.2 Å². The topological polar surface area (TPSA) is 55.6 Å². The summed E-state index contributed by atoms with van der Waals surface area (Å²) in [4.78, 5) is 12.8. The minimum atomic E-state index is -0.483. The van der Waals surface area contributed by atoms with Gasteiger partial charge >= 0.3 is 6.09 Å². The molecule has 6 heteroatoms. The molecule has 0 atom stereocenters. The molecule has 1 aromatic carbocycles. The van der Waals surface area contributed by atoms with Gasteiger partial charge in [0.2, 0.25) is 0 Å². The molecule has 0 saturated heterocycles. The summed E-state index contributed by atoms with van der Waals surface area (Å²) in [7, 11) is 1.60. The van der Waals surface area contributed by atoms with Crippen molar-refractivity contribution in [1.29, 1.82) is 0 Å². The predicted octanol–water partition coefficient (Wildman–Crippen LogP) is 2.38. The van der Waals surface area contributed by atoms with E-state index in [-0.39, 0.29) is 0 Å². The zero-order valence-corrected chi connectivity index (χ0v) is 10.3. The van der Waals surface area contributed by atoms with Crippen molar-refractivity contribution in [2.75, 3.05) is 20.1 Å². The van der Waals surface area contributed by atoms with Crippen LogP contribution < -0.4 is 10.5 Å². The van der Waals surface area contributed by atoms with Crippen LogP contribution in [0.5, 0.6) is 5.75 Å². The average molecular weight is 263 g/mol. The van der Waals surface area contributed by atoms with Gasteiger partial charge in [0.05, 0.1) is 10.0 Å². The van der Waals surface area contributed by atoms with E-state index in [1.54, 1.807) is 19.2 Å². The molecule has 16 heavy (non-hydrogen) atoms. The molecule has 0 bridgehead atoms. The number of carbonyl (C=O) groups excluding carboxylic acids is 1. The molecule has 1 amide bonds. The zero-order valence-electron chi connectivity index (χ0n) is 8.74. The maximum Gasteiger partial charge on any atom is 0.415 e. The standard InChI is InChI=1S/C10H12Cl2N2O2/c1-14(5-4-13)10(15)16-7-2-3-8(11)9(12)6-7/h2-3,6H,4-5,13H2,1H3. The quantitative estimate of drug-likeness (QED) is 0.910. The number of hydrogen-bond donors (Lipinski definition) is 1. The van der Waals surface area contributed by atoms with E-state index in [0.29, 0.717) is 28.9 Å². The molecule has 1 aromatic rings. The number of likely N-dealkylation sites (N-methyl/N-ethyl adjacent to an activating group) is 1. The van der Waals surface area contributed by atoms with Crippen LogP contribution in [0.2, 0.25) is 10.0 Å². The number of hydrogen-bond acceptors (Lipinski definition) is 3. The van der Waals surface area contributed by atoms with E-state index in [1.807, 2.05) is 0 Å². The fourth-order valence-electron chi connectivity index (χ4n) is 1.00. The largest absolute Gasteiger partial charge is 0.415 e. The highest BCUT2D eigenvalue weighted by atomic mass is 35.5. The Hall–Kier alpha value is -0.970. The van der Waals surface area contributed by atoms with Crippen molar-refractivity contribution in [2.24, 2.45) is 5.73 Å². The van der Waals surface area contributed by atoms with Crippen LogP contribution in [0.1, 0.15) is 0 Å². The minimum absolute atomic E-state index is 0.341. The van der Waals surface area contributed by atoms with Crippen LogP contribution >= 0.6 is 23.2 Å². The van der Waals surface area contributed by atoms with Crippen molar-refractivity contribution >= 4 is 29.3 Å². The Bertz CT molecular complexity index is 385. The molecule has 0 aliphatic rings. The van der Waals surface area contributed by atoms with Gasteiger partial charge in [0.25, 0.3) is 0 Å². The fourth-order valence-corrected chi connectivity index (χ4v) is 1.29. The van der Waals surface area contributed by atoms with Gasteiger partial charge < -0.3 is 15.4 Å². The first-order chi connectivity index (χ1) is 7.54. The summed E-state index contributed by atoms with van der Waals surface area (Å²) >= 11 is 11.5. The van der Waals surface area contributed by atoms with E-state index in [2.05, 4.69) is 0 Å². The van der Waals surface area contributed by atoms with Crippen LogP contribution in [0.3, 0.4) is 0 Å². The number of amides is 1. The number of halogens is 2. The van der Waals surface area contributed by atoms with Crippen molar-refractivity contribution < 1.29 is 9.53 Å². The lowest BCUT2D eigenvalue weighted by atomic mass is 10.3.